The number of hydrogen-bond acceptors (Lipinski definition) is 3. The van der Waals surface area contributed by atoms with Crippen LogP contribution in [0.2, 0.25) is 0 Å². The first-order valence-electron chi connectivity index (χ1n) is 7.02. The summed E-state index contributed by atoms with van der Waals surface area (Å²) in [5, 5.41) is 31.4. The molecule has 0 unspecified atom stereocenters. The van der Waals surface area contributed by atoms with Crippen LogP contribution in [-0.2, 0) is 14.4 Å². The number of hydrogen-bond donors (Lipinski definition) is 6. The van der Waals surface area contributed by atoms with Crippen LogP contribution in [0.3, 0.4) is 0 Å². The van der Waals surface area contributed by atoms with Gasteiger partial charge >= 0.3 is 17.9 Å². The molecule has 0 saturated heterocycles. The fourth-order valence-electron chi connectivity index (χ4n) is 2.84. The summed E-state index contributed by atoms with van der Waals surface area (Å²) in [7, 11) is 0. The largest absolute Gasteiger partial charge is 1.00 e. The highest BCUT2D eigenvalue weighted by Crippen LogP contribution is 2.12. The molecule has 0 spiro atoms. The van der Waals surface area contributed by atoms with E-state index in [-0.39, 0.29) is 85.9 Å². The molecule has 160 valence electrons. The number of carboxylic acid groups (broad SMARTS) is 3. The Labute approximate surface area is 169 Å². The van der Waals surface area contributed by atoms with Crippen molar-refractivity contribution in [1.82, 2.24) is 0 Å². The van der Waals surface area contributed by atoms with E-state index in [1.807, 2.05) is 0 Å². The van der Waals surface area contributed by atoms with Crippen LogP contribution in [0.4, 0.5) is 0 Å². The summed E-state index contributed by atoms with van der Waals surface area (Å²) in [5.74, 6) is -2.67. The van der Waals surface area contributed by atoms with Crippen LogP contribution in [0.1, 0.15) is 19.3 Å². The third-order valence-electron chi connectivity index (χ3n) is 3.69. The van der Waals surface area contributed by atoms with Crippen molar-refractivity contribution in [2.75, 3.05) is 19.6 Å². The molecule has 0 aromatic heterocycles. The van der Waals surface area contributed by atoms with E-state index in [1.165, 1.54) is 0 Å². The van der Waals surface area contributed by atoms with Gasteiger partial charge in [0.2, 0.25) is 0 Å². The quantitative estimate of drug-likeness (QED) is 0.200. The van der Waals surface area contributed by atoms with Crippen LogP contribution in [0.5, 0.6) is 0 Å². The van der Waals surface area contributed by atoms with Crippen molar-refractivity contribution < 1.29 is 93.8 Å². The summed E-state index contributed by atoms with van der Waals surface area (Å²) in [4.78, 5) is 31.9. The second-order valence-electron chi connectivity index (χ2n) is 5.49. The van der Waals surface area contributed by atoms with Gasteiger partial charge in [-0.05, 0) is 0 Å². The third kappa shape index (κ3) is 16.5. The fourth-order valence-corrected chi connectivity index (χ4v) is 2.84. The maximum Gasteiger partial charge on any atom is 0.359 e. The summed E-state index contributed by atoms with van der Waals surface area (Å²) in [5.41, 5.74) is 0. The van der Waals surface area contributed by atoms with Crippen molar-refractivity contribution in [2.24, 2.45) is 0 Å². The van der Waals surface area contributed by atoms with Gasteiger partial charge in [-0.3, -0.25) is 0 Å². The van der Waals surface area contributed by atoms with Gasteiger partial charge in [0.25, 0.3) is 0 Å². The molecule has 0 radical (unpaired) electrons. The van der Waals surface area contributed by atoms with E-state index in [0.717, 1.165) is 19.3 Å². The van der Waals surface area contributed by atoms with E-state index >= 15 is 0 Å². The molecule has 1 aliphatic carbocycles. The van der Waals surface area contributed by atoms with Gasteiger partial charge in [-0.1, -0.05) is 0 Å². The van der Waals surface area contributed by atoms with Gasteiger partial charge in [-0.2, -0.15) is 0 Å². The first-order chi connectivity index (χ1) is 9.86. The normalized spacial score (nSPS) is 20.5. The van der Waals surface area contributed by atoms with Gasteiger partial charge in [0.1, 0.15) is 0 Å². The molecular formula is C12H28Cl3N3O8. The van der Waals surface area contributed by atoms with Gasteiger partial charge in [-0.15, -0.1) is 0 Å². The highest BCUT2D eigenvalue weighted by atomic mass is 35.5. The predicted octanol–water partition coefficient (Wildman–Crippen LogP) is -15.4. The van der Waals surface area contributed by atoms with E-state index in [9.17, 15) is 14.4 Å². The van der Waals surface area contributed by atoms with Crippen molar-refractivity contribution in [1.29, 1.82) is 0 Å². The average molecular weight is 449 g/mol. The first kappa shape index (κ1) is 36.1. The summed E-state index contributed by atoms with van der Waals surface area (Å²) in [6.45, 7) is -0.0775. The monoisotopic (exact) mass is 447 g/mol. The number of carbonyl (C=O) groups is 3. The lowest BCUT2D eigenvalue weighted by atomic mass is 9.87. The Morgan fingerprint density at radius 2 is 0.808 bits per heavy atom. The number of quaternary nitrogens is 3. The standard InChI is InChI=1S/C12H21N3O6.3ClH.2H2O/c16-10(17)4-13-7-1-8(14-5-11(18)19)3-9(2-7)15-6-12(20)21;;;;;/h7-9,13-15H,1-6H2,(H,16,17)(H,18,19)(H,20,21);3*1H;2*1H2. The minimum atomic E-state index is -0.891. The van der Waals surface area contributed by atoms with Crippen LogP contribution in [0, 0.1) is 0 Å². The van der Waals surface area contributed by atoms with Crippen molar-refractivity contribution in [3.63, 3.8) is 0 Å². The van der Waals surface area contributed by atoms with Crippen LogP contribution in [0.25, 0.3) is 0 Å². The lowest BCUT2D eigenvalue weighted by Gasteiger charge is -2.30. The summed E-state index contributed by atoms with van der Waals surface area (Å²) < 4.78 is 0. The summed E-state index contributed by atoms with van der Waals surface area (Å²) in [6.07, 6.45) is 2.20. The third-order valence-corrected chi connectivity index (χ3v) is 3.69. The second kappa shape index (κ2) is 18.9. The van der Waals surface area contributed by atoms with Crippen molar-refractivity contribution in [2.45, 2.75) is 37.4 Å². The molecule has 13 N–H and O–H groups in total. The molecule has 1 fully saturated rings. The Bertz CT molecular complexity index is 343. The highest BCUT2D eigenvalue weighted by Gasteiger charge is 2.35. The Morgan fingerprint density at radius 1 is 0.615 bits per heavy atom. The molecule has 0 aliphatic heterocycles. The smallest absolute Gasteiger partial charge is 0.359 e. The molecule has 1 aliphatic rings. The van der Waals surface area contributed by atoms with Crippen LogP contribution in [-0.4, -0.2) is 81.9 Å². The molecule has 14 heteroatoms. The van der Waals surface area contributed by atoms with E-state index in [4.69, 9.17) is 15.3 Å². The number of rotatable bonds is 9. The molecule has 0 aromatic rings. The second-order valence-corrected chi connectivity index (χ2v) is 5.49. The summed E-state index contributed by atoms with van der Waals surface area (Å²) in [6, 6.07) is 0.250. The number of nitrogens with two attached hydrogens (primary N) is 3. The molecule has 0 heterocycles. The van der Waals surface area contributed by atoms with Gasteiger partial charge < -0.3 is 79.4 Å². The minimum Gasteiger partial charge on any atom is -1.00 e. The van der Waals surface area contributed by atoms with Crippen LogP contribution >= 0.6 is 0 Å². The maximum atomic E-state index is 10.6. The number of aliphatic carboxylic acids is 3. The summed E-state index contributed by atoms with van der Waals surface area (Å²) >= 11 is 0. The zero-order valence-electron chi connectivity index (χ0n) is 13.9. The number of halogens is 3. The molecular weight excluding hydrogens is 421 g/mol. The van der Waals surface area contributed by atoms with Crippen molar-refractivity contribution >= 4 is 17.9 Å². The topological polar surface area (TPSA) is 225 Å². The van der Waals surface area contributed by atoms with Gasteiger partial charge in [-0.25, -0.2) is 14.4 Å². The van der Waals surface area contributed by atoms with Gasteiger partial charge in [0.05, 0.1) is 37.4 Å². The molecule has 0 bridgehead atoms. The Morgan fingerprint density at radius 3 is 0.962 bits per heavy atom. The lowest BCUT2D eigenvalue weighted by molar-refractivity contribution is -0.748. The molecule has 26 heavy (non-hydrogen) atoms. The predicted molar refractivity (Wildman–Crippen MR) is 75.7 cm³/mol. The van der Waals surface area contributed by atoms with E-state index in [1.54, 1.807) is 16.0 Å². The molecule has 0 aromatic carbocycles. The molecule has 1 saturated carbocycles. The fraction of sp³-hybridized carbons (Fsp3) is 0.750. The van der Waals surface area contributed by atoms with E-state index < -0.39 is 17.9 Å². The van der Waals surface area contributed by atoms with Gasteiger partial charge in [0.15, 0.2) is 19.6 Å². The van der Waals surface area contributed by atoms with Gasteiger partial charge in [0, 0.05) is 0 Å². The zero-order chi connectivity index (χ0) is 15.8. The minimum absolute atomic E-state index is 0. The molecule has 1 rings (SSSR count). The van der Waals surface area contributed by atoms with E-state index in [2.05, 4.69) is 0 Å². The Balaban J connectivity index is -0.000000294. The highest BCUT2D eigenvalue weighted by molar-refractivity contribution is 5.68. The maximum absolute atomic E-state index is 10.6. The Hall–Kier alpha value is -0.920. The molecule has 0 amide bonds. The SMILES string of the molecule is O.O.O=C(O)C[NH2+]C1CC([NH2+]CC(=O)O)CC([NH2+]CC(=O)O)C1.[Cl-].[Cl-].[Cl-]. The van der Waals surface area contributed by atoms with E-state index in [0.29, 0.717) is 0 Å². The average Bonchev–Trinajstić information content (AvgIpc) is 2.40. The Kier molecular flexibility index (Phi) is 26.2. The molecule has 11 nitrogen and oxygen atoms in total. The lowest BCUT2D eigenvalue weighted by Crippen LogP contribution is -3.02. The van der Waals surface area contributed by atoms with Crippen molar-refractivity contribution in [3.8, 4) is 0 Å². The first-order valence-corrected chi connectivity index (χ1v) is 7.02. The zero-order valence-corrected chi connectivity index (χ0v) is 16.2. The van der Waals surface area contributed by atoms with Crippen LogP contribution in [0.15, 0.2) is 0 Å². The van der Waals surface area contributed by atoms with Crippen LogP contribution < -0.4 is 53.2 Å². The molecule has 0 atom stereocenters. The number of carboxylic acids is 3. The van der Waals surface area contributed by atoms with Crippen molar-refractivity contribution in [3.05, 3.63) is 0 Å².